The van der Waals surface area contributed by atoms with E-state index in [1.54, 1.807) is 29.4 Å². The molecule has 0 aliphatic rings. The van der Waals surface area contributed by atoms with Gasteiger partial charge in [-0.2, -0.15) is 0 Å². The van der Waals surface area contributed by atoms with Crippen LogP contribution in [0.4, 0.5) is 5.69 Å². The van der Waals surface area contributed by atoms with Crippen molar-refractivity contribution in [1.82, 2.24) is 5.16 Å². The third kappa shape index (κ3) is 2.35. The molecule has 0 saturated carbocycles. The van der Waals surface area contributed by atoms with Gasteiger partial charge >= 0.3 is 0 Å². The van der Waals surface area contributed by atoms with Gasteiger partial charge in [0, 0.05) is 18.8 Å². The first-order valence-electron chi connectivity index (χ1n) is 6.09. The molecule has 3 aromatic rings. The quantitative estimate of drug-likeness (QED) is 0.737. The van der Waals surface area contributed by atoms with Gasteiger partial charge < -0.3 is 9.42 Å². The van der Waals surface area contributed by atoms with Crippen molar-refractivity contribution in [2.75, 3.05) is 11.9 Å². The number of benzene rings is 1. The van der Waals surface area contributed by atoms with Crippen LogP contribution in [0.2, 0.25) is 0 Å². The summed E-state index contributed by atoms with van der Waals surface area (Å²) >= 11 is 1.55. The zero-order valence-electron chi connectivity index (χ0n) is 10.8. The predicted octanol–water partition coefficient (Wildman–Crippen LogP) is 3.68. The molecule has 0 fully saturated rings. The van der Waals surface area contributed by atoms with E-state index in [9.17, 15) is 4.79 Å². The molecule has 0 unspecified atom stereocenters. The lowest BCUT2D eigenvalue weighted by molar-refractivity contribution is 0.0984. The van der Waals surface area contributed by atoms with Crippen LogP contribution in [0.3, 0.4) is 0 Å². The molecule has 2 aromatic heterocycles. The van der Waals surface area contributed by atoms with Gasteiger partial charge in [0.1, 0.15) is 0 Å². The molecule has 3 rings (SSSR count). The fraction of sp³-hybridized carbons (Fsp3) is 0.0667. The zero-order valence-corrected chi connectivity index (χ0v) is 11.6. The van der Waals surface area contributed by atoms with Crippen LogP contribution in [0.15, 0.2) is 58.4 Å². The van der Waals surface area contributed by atoms with Crippen molar-refractivity contribution in [3.8, 4) is 10.6 Å². The number of rotatable bonds is 3. The molecule has 0 N–H and O–H groups in total. The molecule has 4 nitrogen and oxygen atoms in total. The predicted molar refractivity (Wildman–Crippen MR) is 79.0 cm³/mol. The van der Waals surface area contributed by atoms with E-state index in [2.05, 4.69) is 5.16 Å². The van der Waals surface area contributed by atoms with E-state index in [0.717, 1.165) is 10.6 Å². The first kappa shape index (κ1) is 12.6. The van der Waals surface area contributed by atoms with E-state index in [-0.39, 0.29) is 5.91 Å². The number of amides is 1. The molecule has 100 valence electrons. The molecule has 0 aliphatic carbocycles. The second kappa shape index (κ2) is 5.30. The molecule has 1 aromatic carbocycles. The Morgan fingerprint density at radius 2 is 2.00 bits per heavy atom. The highest BCUT2D eigenvalue weighted by atomic mass is 32.1. The van der Waals surface area contributed by atoms with E-state index < -0.39 is 0 Å². The van der Waals surface area contributed by atoms with Gasteiger partial charge in [0.2, 0.25) is 0 Å². The Morgan fingerprint density at radius 1 is 1.20 bits per heavy atom. The molecule has 1 amide bonds. The Labute approximate surface area is 120 Å². The number of anilines is 1. The van der Waals surface area contributed by atoms with Crippen molar-refractivity contribution in [2.24, 2.45) is 0 Å². The number of carbonyl (C=O) groups excluding carboxylic acids is 1. The summed E-state index contributed by atoms with van der Waals surface area (Å²) in [5.74, 6) is 0.424. The molecule has 0 aliphatic heterocycles. The van der Waals surface area contributed by atoms with Crippen LogP contribution in [0.5, 0.6) is 0 Å². The topological polar surface area (TPSA) is 46.3 Å². The average Bonchev–Trinajstić information content (AvgIpc) is 3.17. The second-order valence-electron chi connectivity index (χ2n) is 4.25. The number of carbonyl (C=O) groups is 1. The van der Waals surface area contributed by atoms with Crippen LogP contribution in [0.1, 0.15) is 10.5 Å². The summed E-state index contributed by atoms with van der Waals surface area (Å²) in [7, 11) is 1.72. The van der Waals surface area contributed by atoms with Gasteiger partial charge in [-0.3, -0.25) is 4.79 Å². The third-order valence-electron chi connectivity index (χ3n) is 2.94. The van der Waals surface area contributed by atoms with Crippen molar-refractivity contribution in [3.05, 3.63) is 59.6 Å². The molecular formula is C15H12N2O2S. The van der Waals surface area contributed by atoms with Crippen molar-refractivity contribution in [2.45, 2.75) is 0 Å². The molecule has 0 atom stereocenters. The van der Waals surface area contributed by atoms with Gasteiger partial charge in [-0.15, -0.1) is 11.3 Å². The van der Waals surface area contributed by atoms with E-state index >= 15 is 0 Å². The fourth-order valence-electron chi connectivity index (χ4n) is 1.85. The van der Waals surface area contributed by atoms with Crippen LogP contribution in [0, 0.1) is 0 Å². The normalized spacial score (nSPS) is 10.4. The minimum Gasteiger partial charge on any atom is -0.355 e. The van der Waals surface area contributed by atoms with Crippen LogP contribution >= 0.6 is 11.3 Å². The van der Waals surface area contributed by atoms with Crippen molar-refractivity contribution < 1.29 is 9.32 Å². The third-order valence-corrected chi connectivity index (χ3v) is 3.83. The van der Waals surface area contributed by atoms with Gasteiger partial charge in [0.05, 0.1) is 4.88 Å². The molecule has 20 heavy (non-hydrogen) atoms. The lowest BCUT2D eigenvalue weighted by Crippen LogP contribution is -2.26. The second-order valence-corrected chi connectivity index (χ2v) is 5.20. The number of hydrogen-bond donors (Lipinski definition) is 0. The summed E-state index contributed by atoms with van der Waals surface area (Å²) in [6.07, 6.45) is 0. The van der Waals surface area contributed by atoms with Crippen LogP contribution in [-0.2, 0) is 0 Å². The largest absolute Gasteiger partial charge is 0.355 e. The number of nitrogens with zero attached hydrogens (tertiary/aromatic N) is 2. The maximum atomic E-state index is 12.3. The number of para-hydroxylation sites is 1. The molecule has 0 spiro atoms. The smallest absolute Gasteiger partial charge is 0.280 e. The first-order valence-corrected chi connectivity index (χ1v) is 6.97. The molecule has 0 radical (unpaired) electrons. The summed E-state index contributed by atoms with van der Waals surface area (Å²) in [6, 6.07) is 15.0. The Bertz CT molecular complexity index is 705. The molecule has 5 heteroatoms. The highest BCUT2D eigenvalue weighted by molar-refractivity contribution is 7.13. The average molecular weight is 284 g/mol. The highest BCUT2D eigenvalue weighted by Gasteiger charge is 2.18. The lowest BCUT2D eigenvalue weighted by Gasteiger charge is -2.15. The summed E-state index contributed by atoms with van der Waals surface area (Å²) < 4.78 is 5.23. The van der Waals surface area contributed by atoms with Gasteiger partial charge in [0.15, 0.2) is 11.5 Å². The van der Waals surface area contributed by atoms with E-state index in [1.165, 1.54) is 0 Å². The van der Waals surface area contributed by atoms with Crippen molar-refractivity contribution >= 4 is 22.9 Å². The van der Waals surface area contributed by atoms with Crippen molar-refractivity contribution in [3.63, 3.8) is 0 Å². The molecule has 0 bridgehead atoms. The Hall–Kier alpha value is -2.40. The summed E-state index contributed by atoms with van der Waals surface area (Å²) in [5, 5.41) is 5.81. The summed E-state index contributed by atoms with van der Waals surface area (Å²) in [5.41, 5.74) is 1.12. The monoisotopic (exact) mass is 284 g/mol. The standard InChI is InChI=1S/C15H12N2O2S/c1-17(11-6-3-2-4-7-11)15(18)12-10-13(19-16-12)14-8-5-9-20-14/h2-10H,1H3. The molecular weight excluding hydrogens is 272 g/mol. The van der Waals surface area contributed by atoms with Crippen LogP contribution < -0.4 is 4.90 Å². The molecule has 2 heterocycles. The van der Waals surface area contributed by atoms with Gasteiger partial charge in [-0.1, -0.05) is 29.4 Å². The maximum absolute atomic E-state index is 12.3. The Morgan fingerprint density at radius 3 is 2.70 bits per heavy atom. The minimum absolute atomic E-state index is 0.192. The van der Waals surface area contributed by atoms with Gasteiger partial charge in [-0.05, 0) is 23.6 Å². The number of hydrogen-bond acceptors (Lipinski definition) is 4. The van der Waals surface area contributed by atoms with Crippen LogP contribution in [-0.4, -0.2) is 18.1 Å². The Balaban J connectivity index is 1.85. The summed E-state index contributed by atoms with van der Waals surface area (Å²) in [6.45, 7) is 0. The maximum Gasteiger partial charge on any atom is 0.280 e. The van der Waals surface area contributed by atoms with Crippen LogP contribution in [0.25, 0.3) is 10.6 Å². The van der Waals surface area contributed by atoms with E-state index in [4.69, 9.17) is 4.52 Å². The van der Waals surface area contributed by atoms with E-state index in [1.807, 2.05) is 47.8 Å². The number of thiophene rings is 1. The van der Waals surface area contributed by atoms with E-state index in [0.29, 0.717) is 11.5 Å². The minimum atomic E-state index is -0.192. The van der Waals surface area contributed by atoms with Gasteiger partial charge in [-0.25, -0.2) is 0 Å². The summed E-state index contributed by atoms with van der Waals surface area (Å²) in [4.78, 5) is 14.8. The lowest BCUT2D eigenvalue weighted by atomic mass is 10.2. The Kier molecular flexibility index (Phi) is 3.35. The number of aromatic nitrogens is 1. The SMILES string of the molecule is CN(C(=O)c1cc(-c2cccs2)on1)c1ccccc1. The first-order chi connectivity index (χ1) is 9.75. The molecule has 0 saturated heterocycles. The zero-order chi connectivity index (χ0) is 13.9. The van der Waals surface area contributed by atoms with Gasteiger partial charge in [0.25, 0.3) is 5.91 Å². The fourth-order valence-corrected chi connectivity index (χ4v) is 2.52. The highest BCUT2D eigenvalue weighted by Crippen LogP contribution is 2.26. The van der Waals surface area contributed by atoms with Crippen molar-refractivity contribution in [1.29, 1.82) is 0 Å².